The number of hydrogen-bond donors (Lipinski definition) is 1. The Morgan fingerprint density at radius 3 is 2.53 bits per heavy atom. The number of halogens is 3. The average molecular weight is 475 g/mol. The minimum atomic E-state index is -4.41. The molecule has 0 spiro atoms. The maximum Gasteiger partial charge on any atom is 0.416 e. The summed E-state index contributed by atoms with van der Waals surface area (Å²) in [4.78, 5) is 14.7. The fourth-order valence-electron chi connectivity index (χ4n) is 4.66. The number of aromatic nitrogens is 2. The van der Waals surface area contributed by atoms with Crippen LogP contribution in [-0.2, 0) is 22.8 Å². The first-order valence-electron chi connectivity index (χ1n) is 11.0. The van der Waals surface area contributed by atoms with Gasteiger partial charge in [0, 0.05) is 44.7 Å². The predicted octanol–water partition coefficient (Wildman–Crippen LogP) is 3.71. The van der Waals surface area contributed by atoms with E-state index < -0.39 is 17.8 Å². The fraction of sp³-hybridized carbons (Fsp3) is 0.417. The molecule has 3 aromatic rings. The van der Waals surface area contributed by atoms with E-state index in [1.54, 1.807) is 22.7 Å². The van der Waals surface area contributed by atoms with Crippen molar-refractivity contribution in [3.05, 3.63) is 53.7 Å². The van der Waals surface area contributed by atoms with Crippen LogP contribution in [0.2, 0.25) is 0 Å². The van der Waals surface area contributed by atoms with Gasteiger partial charge in [-0.05, 0) is 54.3 Å². The van der Waals surface area contributed by atoms with Crippen molar-refractivity contribution in [1.82, 2.24) is 14.7 Å². The molecule has 7 nitrogen and oxygen atoms in total. The molecule has 0 bridgehead atoms. The minimum absolute atomic E-state index is 0.0262. The number of aryl methyl sites for hydroxylation is 1. The largest absolute Gasteiger partial charge is 0.457 e. The van der Waals surface area contributed by atoms with Gasteiger partial charge in [-0.1, -0.05) is 0 Å². The number of nitrogens with zero attached hydrogens (tertiary/aromatic N) is 3. The topological polar surface area (TPSA) is 76.8 Å². The van der Waals surface area contributed by atoms with Crippen LogP contribution in [0.25, 0.3) is 10.9 Å². The number of benzene rings is 2. The second kappa shape index (κ2) is 8.28. The van der Waals surface area contributed by atoms with Crippen LogP contribution in [0.3, 0.4) is 0 Å². The van der Waals surface area contributed by atoms with Gasteiger partial charge in [0.05, 0.1) is 17.2 Å². The maximum atomic E-state index is 13.0. The van der Waals surface area contributed by atoms with Gasteiger partial charge in [-0.25, -0.2) is 0 Å². The molecule has 10 heteroatoms. The van der Waals surface area contributed by atoms with E-state index in [1.807, 2.05) is 12.3 Å². The van der Waals surface area contributed by atoms with Gasteiger partial charge in [-0.2, -0.15) is 18.3 Å². The summed E-state index contributed by atoms with van der Waals surface area (Å²) < 4.78 is 51.3. The van der Waals surface area contributed by atoms with Crippen molar-refractivity contribution in [2.75, 3.05) is 20.2 Å². The number of rotatable bonds is 5. The summed E-state index contributed by atoms with van der Waals surface area (Å²) in [6, 6.07) is 8.11. The first-order valence-corrected chi connectivity index (χ1v) is 11.0. The molecule has 1 saturated carbocycles. The average Bonchev–Trinajstić information content (AvgIpc) is 3.35. The van der Waals surface area contributed by atoms with E-state index in [9.17, 15) is 23.1 Å². The lowest BCUT2D eigenvalue weighted by molar-refractivity contribution is -0.137. The zero-order valence-corrected chi connectivity index (χ0v) is 18.6. The van der Waals surface area contributed by atoms with Crippen LogP contribution in [0.15, 0.2) is 42.6 Å². The fourth-order valence-corrected chi connectivity index (χ4v) is 4.66. The molecular weight excluding hydrogens is 451 g/mol. The summed E-state index contributed by atoms with van der Waals surface area (Å²) in [6.07, 6.45) is -3.02. The summed E-state index contributed by atoms with van der Waals surface area (Å²) in [7, 11) is 3.31. The molecule has 1 N–H and O–H groups in total. The molecule has 1 aliphatic heterocycles. The van der Waals surface area contributed by atoms with Gasteiger partial charge in [-0.3, -0.25) is 9.48 Å². The van der Waals surface area contributed by atoms with E-state index in [1.165, 1.54) is 19.2 Å². The number of fused-ring (bicyclic) bond motifs is 1. The lowest BCUT2D eigenvalue weighted by Gasteiger charge is -2.16. The van der Waals surface area contributed by atoms with Crippen LogP contribution in [0, 0.1) is 5.92 Å². The summed E-state index contributed by atoms with van der Waals surface area (Å²) in [6.45, 7) is 0.604. The Kier molecular flexibility index (Phi) is 5.52. The molecule has 0 unspecified atom stereocenters. The summed E-state index contributed by atoms with van der Waals surface area (Å²) >= 11 is 0. The smallest absolute Gasteiger partial charge is 0.416 e. The van der Waals surface area contributed by atoms with Gasteiger partial charge in [0.1, 0.15) is 17.6 Å². The molecule has 5 rings (SSSR count). The van der Waals surface area contributed by atoms with Crippen molar-refractivity contribution < 1.29 is 32.5 Å². The number of β-amino-alcohol motifs (C(OH)–C–C–N with tert-alkyl or cyclic N) is 1. The SMILES string of the molecule is CO[C@H]1CN(C(=O)[C@@H]2C[C@H]2c2cc(Oc3ccc(C(F)(F)F)cc3)cc3cn(C)nc23)C[C@@H]1O. The van der Waals surface area contributed by atoms with Gasteiger partial charge < -0.3 is 19.5 Å². The van der Waals surface area contributed by atoms with Crippen molar-refractivity contribution in [1.29, 1.82) is 0 Å². The van der Waals surface area contributed by atoms with Crippen molar-refractivity contribution in [3.8, 4) is 11.5 Å². The number of amides is 1. The molecule has 4 atom stereocenters. The minimum Gasteiger partial charge on any atom is -0.457 e. The molecule has 1 aromatic heterocycles. The lowest BCUT2D eigenvalue weighted by Crippen LogP contribution is -2.31. The van der Waals surface area contributed by atoms with Crippen LogP contribution in [-0.4, -0.2) is 58.1 Å². The Labute approximate surface area is 193 Å². The monoisotopic (exact) mass is 475 g/mol. The summed E-state index contributed by atoms with van der Waals surface area (Å²) in [5.41, 5.74) is 0.880. The van der Waals surface area contributed by atoms with Crippen LogP contribution in [0.5, 0.6) is 11.5 Å². The standard InChI is InChI=1S/C24H24F3N3O4/c1-29-10-13-7-16(34-15-5-3-14(4-6-15)24(25,26)27)8-18(22(13)28-29)17-9-19(17)23(32)30-11-20(31)21(12-30)33-2/h3-8,10,17,19-21,31H,9,11-12H2,1-2H3/t17-,19+,20-,21-/m0/s1. The molecule has 1 aliphatic carbocycles. The highest BCUT2D eigenvalue weighted by Crippen LogP contribution is 2.51. The number of hydrogen-bond acceptors (Lipinski definition) is 5. The van der Waals surface area contributed by atoms with Crippen molar-refractivity contribution in [3.63, 3.8) is 0 Å². The van der Waals surface area contributed by atoms with Gasteiger partial charge in [-0.15, -0.1) is 0 Å². The Hall–Kier alpha value is -3.11. The Balaban J connectivity index is 1.38. The van der Waals surface area contributed by atoms with Crippen LogP contribution in [0.4, 0.5) is 13.2 Å². The molecular formula is C24H24F3N3O4. The number of methoxy groups -OCH3 is 1. The van der Waals surface area contributed by atoms with E-state index in [-0.39, 0.29) is 36.1 Å². The highest BCUT2D eigenvalue weighted by Gasteiger charge is 2.49. The highest BCUT2D eigenvalue weighted by molar-refractivity contribution is 5.88. The van der Waals surface area contributed by atoms with Crippen molar-refractivity contribution >= 4 is 16.8 Å². The quantitative estimate of drug-likeness (QED) is 0.609. The van der Waals surface area contributed by atoms with E-state index in [4.69, 9.17) is 9.47 Å². The van der Waals surface area contributed by atoms with Gasteiger partial charge in [0.15, 0.2) is 0 Å². The molecule has 180 valence electrons. The first-order chi connectivity index (χ1) is 16.1. The summed E-state index contributed by atoms with van der Waals surface area (Å²) in [5.74, 6) is 0.433. The number of likely N-dealkylation sites (tertiary alicyclic amines) is 1. The maximum absolute atomic E-state index is 13.0. The van der Waals surface area contributed by atoms with Gasteiger partial charge in [0.25, 0.3) is 0 Å². The lowest BCUT2D eigenvalue weighted by atomic mass is 10.0. The molecule has 1 amide bonds. The number of ether oxygens (including phenoxy) is 2. The Morgan fingerprint density at radius 2 is 1.88 bits per heavy atom. The number of alkyl halides is 3. The number of aliphatic hydroxyl groups excluding tert-OH is 1. The van der Waals surface area contributed by atoms with Crippen LogP contribution >= 0.6 is 0 Å². The summed E-state index contributed by atoms with van der Waals surface area (Å²) in [5, 5.41) is 15.4. The van der Waals surface area contributed by atoms with Crippen molar-refractivity contribution in [2.45, 2.75) is 30.7 Å². The van der Waals surface area contributed by atoms with E-state index in [0.29, 0.717) is 18.7 Å². The number of carbonyl (C=O) groups is 1. The van der Waals surface area contributed by atoms with Crippen LogP contribution < -0.4 is 4.74 Å². The number of carbonyl (C=O) groups excluding carboxylic acids is 1. The normalized spacial score (nSPS) is 24.6. The van der Waals surface area contributed by atoms with Crippen LogP contribution in [0.1, 0.15) is 23.5 Å². The predicted molar refractivity (Wildman–Crippen MR) is 116 cm³/mol. The molecule has 2 aromatic carbocycles. The van der Waals surface area contributed by atoms with E-state index in [2.05, 4.69) is 5.10 Å². The number of aliphatic hydroxyl groups is 1. The zero-order chi connectivity index (χ0) is 24.2. The second-order valence-electron chi connectivity index (χ2n) is 8.91. The third-order valence-corrected chi connectivity index (χ3v) is 6.50. The molecule has 34 heavy (non-hydrogen) atoms. The molecule has 2 fully saturated rings. The molecule has 2 aliphatic rings. The van der Waals surface area contributed by atoms with Gasteiger partial charge in [0.2, 0.25) is 5.91 Å². The first kappa shape index (κ1) is 22.7. The van der Waals surface area contributed by atoms with E-state index in [0.717, 1.165) is 28.6 Å². The highest BCUT2D eigenvalue weighted by atomic mass is 19.4. The molecule has 0 radical (unpaired) electrons. The molecule has 2 heterocycles. The Morgan fingerprint density at radius 1 is 1.15 bits per heavy atom. The second-order valence-corrected chi connectivity index (χ2v) is 8.91. The molecule has 1 saturated heterocycles. The van der Waals surface area contributed by atoms with Gasteiger partial charge >= 0.3 is 6.18 Å². The Bertz CT molecular complexity index is 1220. The zero-order valence-electron chi connectivity index (χ0n) is 18.6. The third kappa shape index (κ3) is 4.23. The van der Waals surface area contributed by atoms with E-state index >= 15 is 0 Å². The third-order valence-electron chi connectivity index (χ3n) is 6.50. The van der Waals surface area contributed by atoms with Crippen molar-refractivity contribution in [2.24, 2.45) is 13.0 Å².